The number of hydrogen-bond acceptors (Lipinski definition) is 5. The molecule has 2 atom stereocenters. The number of piperidine rings is 1. The van der Waals surface area contributed by atoms with Crippen molar-refractivity contribution < 1.29 is 9.32 Å². The minimum absolute atomic E-state index is 0.00586. The van der Waals surface area contributed by atoms with Crippen molar-refractivity contribution >= 4 is 17.4 Å². The number of carbonyl (C=O) groups excluding carboxylic acids is 1. The van der Waals surface area contributed by atoms with Gasteiger partial charge in [-0.05, 0) is 55.5 Å². The monoisotopic (exact) mass is 334 g/mol. The molecule has 124 valence electrons. The Bertz CT molecular complexity index is 640. The second kappa shape index (κ2) is 7.12. The number of rotatable bonds is 4. The minimum atomic E-state index is -0.00586. The third-order valence-electron chi connectivity index (χ3n) is 4.09. The van der Waals surface area contributed by atoms with E-state index in [0.717, 1.165) is 25.8 Å². The van der Waals surface area contributed by atoms with Crippen LogP contribution in [0.2, 0.25) is 0 Å². The fourth-order valence-corrected chi connectivity index (χ4v) is 3.64. The van der Waals surface area contributed by atoms with Gasteiger partial charge >= 0.3 is 6.03 Å². The van der Waals surface area contributed by atoms with Gasteiger partial charge in [-0.3, -0.25) is 0 Å². The molecule has 1 fully saturated rings. The molecule has 0 aromatic carbocycles. The molecular weight excluding hydrogens is 312 g/mol. The van der Waals surface area contributed by atoms with Crippen LogP contribution in [0.15, 0.2) is 21.3 Å². The van der Waals surface area contributed by atoms with Gasteiger partial charge in [0, 0.05) is 19.1 Å². The predicted molar refractivity (Wildman–Crippen MR) is 88.6 cm³/mol. The zero-order valence-electron chi connectivity index (χ0n) is 13.5. The van der Waals surface area contributed by atoms with E-state index in [1.165, 1.54) is 5.56 Å². The van der Waals surface area contributed by atoms with Gasteiger partial charge < -0.3 is 14.7 Å². The van der Waals surface area contributed by atoms with E-state index in [2.05, 4.69) is 32.3 Å². The van der Waals surface area contributed by atoms with Crippen molar-refractivity contribution in [2.75, 3.05) is 13.1 Å². The summed E-state index contributed by atoms with van der Waals surface area (Å²) < 4.78 is 5.26. The van der Waals surface area contributed by atoms with Gasteiger partial charge in [0.15, 0.2) is 5.82 Å². The van der Waals surface area contributed by atoms with E-state index in [4.69, 9.17) is 4.52 Å². The van der Waals surface area contributed by atoms with Crippen molar-refractivity contribution in [2.45, 2.75) is 45.1 Å². The second-order valence-electron chi connectivity index (χ2n) is 6.15. The van der Waals surface area contributed by atoms with E-state index in [1.807, 2.05) is 18.7 Å². The topological polar surface area (TPSA) is 71.3 Å². The molecule has 1 N–H and O–H groups in total. The normalized spacial score (nSPS) is 19.6. The van der Waals surface area contributed by atoms with Gasteiger partial charge in [0.05, 0.1) is 5.92 Å². The summed E-state index contributed by atoms with van der Waals surface area (Å²) >= 11 is 1.68. The van der Waals surface area contributed by atoms with E-state index < -0.39 is 0 Å². The van der Waals surface area contributed by atoms with E-state index in [9.17, 15) is 4.79 Å². The standard InChI is InChI=1S/C16H22N4O2S/c1-11(8-13-5-7-23-10-13)17-16(21)20-6-3-4-14(9-20)15-18-12(2)19-22-15/h5,7,10-11,14H,3-4,6,8-9H2,1-2H3,(H,17,21)/t11-,14-/m0/s1. The maximum atomic E-state index is 12.5. The number of likely N-dealkylation sites (tertiary alicyclic amines) is 1. The number of carbonyl (C=O) groups is 1. The highest BCUT2D eigenvalue weighted by Crippen LogP contribution is 2.25. The van der Waals surface area contributed by atoms with Crippen molar-refractivity contribution in [3.63, 3.8) is 0 Å². The van der Waals surface area contributed by atoms with Gasteiger partial charge in [0.2, 0.25) is 5.89 Å². The average Bonchev–Trinajstić information content (AvgIpc) is 3.19. The fraction of sp³-hybridized carbons (Fsp3) is 0.562. The number of aryl methyl sites for hydroxylation is 1. The Kier molecular flexibility index (Phi) is 4.95. The van der Waals surface area contributed by atoms with Crippen LogP contribution in [0.4, 0.5) is 4.79 Å². The first kappa shape index (κ1) is 16.0. The molecule has 1 saturated heterocycles. The predicted octanol–water partition coefficient (Wildman–Crippen LogP) is 2.96. The zero-order valence-corrected chi connectivity index (χ0v) is 14.3. The van der Waals surface area contributed by atoms with Crippen LogP contribution in [-0.4, -0.2) is 40.2 Å². The summed E-state index contributed by atoms with van der Waals surface area (Å²) in [5, 5.41) is 11.1. The first-order valence-corrected chi connectivity index (χ1v) is 8.93. The summed E-state index contributed by atoms with van der Waals surface area (Å²) in [6, 6.07) is 2.21. The number of urea groups is 1. The highest BCUT2D eigenvalue weighted by molar-refractivity contribution is 7.07. The van der Waals surface area contributed by atoms with Crippen LogP contribution in [0, 0.1) is 6.92 Å². The van der Waals surface area contributed by atoms with Crippen molar-refractivity contribution in [3.05, 3.63) is 34.1 Å². The molecular formula is C16H22N4O2S. The Labute approximate surface area is 139 Å². The summed E-state index contributed by atoms with van der Waals surface area (Å²) in [6.45, 7) is 5.27. The molecule has 0 unspecified atom stereocenters. The molecule has 0 radical (unpaired) electrons. The Balaban J connectivity index is 1.54. The molecule has 1 aliphatic heterocycles. The van der Waals surface area contributed by atoms with Crippen LogP contribution in [0.25, 0.3) is 0 Å². The average molecular weight is 334 g/mol. The highest BCUT2D eigenvalue weighted by atomic mass is 32.1. The summed E-state index contributed by atoms with van der Waals surface area (Å²) in [6.07, 6.45) is 2.80. The molecule has 0 bridgehead atoms. The summed E-state index contributed by atoms with van der Waals surface area (Å²) in [4.78, 5) is 18.6. The van der Waals surface area contributed by atoms with Gasteiger partial charge in [0.25, 0.3) is 0 Å². The van der Waals surface area contributed by atoms with Gasteiger partial charge in [-0.15, -0.1) is 0 Å². The lowest BCUT2D eigenvalue weighted by atomic mass is 9.98. The fourth-order valence-electron chi connectivity index (χ4n) is 2.96. The molecule has 6 nitrogen and oxygen atoms in total. The Morgan fingerprint density at radius 3 is 3.17 bits per heavy atom. The van der Waals surface area contributed by atoms with Crippen molar-refractivity contribution in [1.29, 1.82) is 0 Å². The highest BCUT2D eigenvalue weighted by Gasteiger charge is 2.28. The molecule has 1 aliphatic rings. The maximum absolute atomic E-state index is 12.5. The lowest BCUT2D eigenvalue weighted by Gasteiger charge is -2.32. The van der Waals surface area contributed by atoms with Gasteiger partial charge in [0.1, 0.15) is 0 Å². The molecule has 0 aliphatic carbocycles. The van der Waals surface area contributed by atoms with E-state index in [1.54, 1.807) is 11.3 Å². The molecule has 2 aromatic heterocycles. The molecule has 2 amide bonds. The first-order chi connectivity index (χ1) is 11.1. The van der Waals surface area contributed by atoms with Gasteiger partial charge in [-0.1, -0.05) is 5.16 Å². The summed E-state index contributed by atoms with van der Waals surface area (Å²) in [5.41, 5.74) is 1.26. The number of aromatic nitrogens is 2. The van der Waals surface area contributed by atoms with Crippen molar-refractivity contribution in [3.8, 4) is 0 Å². The quantitative estimate of drug-likeness (QED) is 0.933. The third-order valence-corrected chi connectivity index (χ3v) is 4.83. The van der Waals surface area contributed by atoms with Crippen molar-refractivity contribution in [1.82, 2.24) is 20.4 Å². The molecule has 0 spiro atoms. The summed E-state index contributed by atoms with van der Waals surface area (Å²) in [7, 11) is 0. The van der Waals surface area contributed by atoms with Crippen LogP contribution in [-0.2, 0) is 6.42 Å². The Morgan fingerprint density at radius 2 is 2.48 bits per heavy atom. The maximum Gasteiger partial charge on any atom is 0.317 e. The molecule has 7 heteroatoms. The Morgan fingerprint density at radius 1 is 1.61 bits per heavy atom. The van der Waals surface area contributed by atoms with Crippen LogP contribution in [0.3, 0.4) is 0 Å². The number of thiophene rings is 1. The minimum Gasteiger partial charge on any atom is -0.339 e. The molecule has 2 aromatic rings. The SMILES string of the molecule is Cc1noc([C@H]2CCCN(C(=O)N[C@@H](C)Cc3ccsc3)C2)n1. The first-order valence-electron chi connectivity index (χ1n) is 7.98. The smallest absolute Gasteiger partial charge is 0.317 e. The van der Waals surface area contributed by atoms with E-state index in [0.29, 0.717) is 18.3 Å². The third kappa shape index (κ3) is 4.10. The molecule has 23 heavy (non-hydrogen) atoms. The number of nitrogens with one attached hydrogen (secondary N) is 1. The lowest BCUT2D eigenvalue weighted by molar-refractivity contribution is 0.169. The second-order valence-corrected chi connectivity index (χ2v) is 6.93. The van der Waals surface area contributed by atoms with Gasteiger partial charge in [-0.25, -0.2) is 4.79 Å². The van der Waals surface area contributed by atoms with E-state index in [-0.39, 0.29) is 18.0 Å². The van der Waals surface area contributed by atoms with Crippen LogP contribution < -0.4 is 5.32 Å². The van der Waals surface area contributed by atoms with Crippen LogP contribution in [0.5, 0.6) is 0 Å². The number of amides is 2. The lowest BCUT2D eigenvalue weighted by Crippen LogP contribution is -2.48. The number of hydrogen-bond donors (Lipinski definition) is 1. The van der Waals surface area contributed by atoms with Crippen LogP contribution in [0.1, 0.15) is 43.0 Å². The Hall–Kier alpha value is -1.89. The number of nitrogens with zero attached hydrogens (tertiary/aromatic N) is 3. The van der Waals surface area contributed by atoms with Crippen LogP contribution >= 0.6 is 11.3 Å². The zero-order chi connectivity index (χ0) is 16.2. The largest absolute Gasteiger partial charge is 0.339 e. The molecule has 3 rings (SSSR count). The van der Waals surface area contributed by atoms with Gasteiger partial charge in [-0.2, -0.15) is 16.3 Å². The van der Waals surface area contributed by atoms with E-state index >= 15 is 0 Å². The molecule has 0 saturated carbocycles. The van der Waals surface area contributed by atoms with Crippen molar-refractivity contribution in [2.24, 2.45) is 0 Å². The summed E-state index contributed by atoms with van der Waals surface area (Å²) in [5.74, 6) is 1.43. The molecule has 3 heterocycles.